The fourth-order valence-corrected chi connectivity index (χ4v) is 1.83. The van der Waals surface area contributed by atoms with E-state index in [-0.39, 0.29) is 18.4 Å². The molecule has 0 spiro atoms. The molecule has 0 aromatic heterocycles. The van der Waals surface area contributed by atoms with Gasteiger partial charge in [-0.05, 0) is 36.6 Å². The number of anilines is 1. The molecule has 0 bridgehead atoms. The number of hydrogen-bond donors (Lipinski definition) is 2. The molecule has 1 rings (SSSR count). The Morgan fingerprint density at radius 2 is 2.32 bits per heavy atom. The van der Waals surface area contributed by atoms with Gasteiger partial charge in [0.15, 0.2) is 0 Å². The molecule has 3 N–H and O–H groups in total. The van der Waals surface area contributed by atoms with Crippen LogP contribution < -0.4 is 11.0 Å². The molecule has 0 aliphatic heterocycles. The van der Waals surface area contributed by atoms with Crippen molar-refractivity contribution in [3.05, 3.63) is 29.3 Å². The number of esters is 1. The molecule has 0 saturated carbocycles. The molecule has 19 heavy (non-hydrogen) atoms. The third-order valence-corrected chi connectivity index (χ3v) is 2.88. The highest BCUT2D eigenvalue weighted by molar-refractivity contribution is 6.64. The van der Waals surface area contributed by atoms with Crippen molar-refractivity contribution in [3.63, 3.8) is 0 Å². The summed E-state index contributed by atoms with van der Waals surface area (Å²) in [5.74, 6) is -0.321. The lowest BCUT2D eigenvalue weighted by molar-refractivity contribution is -0.141. The van der Waals surface area contributed by atoms with Crippen molar-refractivity contribution in [1.29, 1.82) is 0 Å². The van der Waals surface area contributed by atoms with Crippen LogP contribution in [0, 0.1) is 6.92 Å². The van der Waals surface area contributed by atoms with Crippen molar-refractivity contribution in [3.8, 4) is 0 Å². The maximum Gasteiger partial charge on any atom is 0.307 e. The second-order valence-corrected chi connectivity index (χ2v) is 4.34. The van der Waals surface area contributed by atoms with Gasteiger partial charge in [-0.3, -0.25) is 4.79 Å². The summed E-state index contributed by atoms with van der Waals surface area (Å²) in [6.45, 7) is 1.98. The number of carbonyl (C=O) groups is 2. The molecule has 0 fully saturated rings. The number of hydrogen-bond acceptors (Lipinski definition) is 5. The van der Waals surface area contributed by atoms with Gasteiger partial charge in [0.05, 0.1) is 19.7 Å². The Hall–Kier alpha value is -1.82. The molecular weight excluding hydrogens is 243 g/mol. The average molecular weight is 261 g/mol. The summed E-state index contributed by atoms with van der Waals surface area (Å²) in [4.78, 5) is 21.7. The molecule has 1 aromatic carbocycles. The lowest BCUT2D eigenvalue weighted by Gasteiger charge is -2.17. The third kappa shape index (κ3) is 5.13. The molecule has 0 amide bonds. The van der Waals surface area contributed by atoms with E-state index in [0.717, 1.165) is 11.1 Å². The van der Waals surface area contributed by atoms with E-state index >= 15 is 0 Å². The zero-order valence-electron chi connectivity index (χ0n) is 11.2. The molecule has 0 aliphatic rings. The lowest BCUT2D eigenvalue weighted by Crippen LogP contribution is -2.37. The topological polar surface area (TPSA) is 81.4 Å². The van der Waals surface area contributed by atoms with Crippen LogP contribution in [0.3, 0.4) is 0 Å². The number of ether oxygens (including phenoxy) is 1. The Kier molecular flexibility index (Phi) is 6.08. The first-order valence-corrected chi connectivity index (χ1v) is 6.01. The molecule has 1 aromatic rings. The van der Waals surface area contributed by atoms with Gasteiger partial charge in [0.1, 0.15) is 0 Å². The standard InChI is InChI=1S/C13H18BN2O3/c1-9-3-4-11(15)5-10(9)6-12(16-14-8-17)7-13(18)19-2/h3-5,8,12,16H,6-7,15H2,1-2H3/t12-/m1/s1. The first-order valence-electron chi connectivity index (χ1n) is 6.01. The molecule has 0 unspecified atom stereocenters. The SMILES string of the molecule is COC(=O)C[C@@H](Cc1cc(N)ccc1C)N[B]C=O. The third-order valence-electron chi connectivity index (χ3n) is 2.88. The fourth-order valence-electron chi connectivity index (χ4n) is 1.83. The number of carbonyl (C=O) groups excluding carboxylic acids is 2. The van der Waals surface area contributed by atoms with Crippen molar-refractivity contribution in [2.75, 3.05) is 12.8 Å². The van der Waals surface area contributed by atoms with E-state index in [0.29, 0.717) is 18.3 Å². The Morgan fingerprint density at radius 1 is 1.58 bits per heavy atom. The van der Waals surface area contributed by atoms with Gasteiger partial charge in [0.25, 0.3) is 7.41 Å². The van der Waals surface area contributed by atoms with Crippen LogP contribution in [-0.2, 0) is 20.7 Å². The molecule has 0 saturated heterocycles. The molecule has 101 valence electrons. The number of nitrogens with two attached hydrogens (primary N) is 1. The second kappa shape index (κ2) is 7.58. The normalized spacial score (nSPS) is 11.7. The zero-order chi connectivity index (χ0) is 14.3. The van der Waals surface area contributed by atoms with Gasteiger partial charge >= 0.3 is 5.97 Å². The molecule has 6 heteroatoms. The summed E-state index contributed by atoms with van der Waals surface area (Å²) >= 11 is 0. The van der Waals surface area contributed by atoms with Crippen LogP contribution >= 0.6 is 0 Å². The molecule has 5 nitrogen and oxygen atoms in total. The van der Waals surface area contributed by atoms with Crippen LogP contribution in [0.4, 0.5) is 5.69 Å². The number of methoxy groups -OCH3 is 1. The Bertz CT molecular complexity index is 452. The predicted octanol–water partition coefficient (Wildman–Crippen LogP) is 0.450. The Balaban J connectivity index is 2.77. The smallest absolute Gasteiger partial charge is 0.307 e. The predicted molar refractivity (Wildman–Crippen MR) is 75.4 cm³/mol. The minimum absolute atomic E-state index is 0.190. The molecule has 0 heterocycles. The van der Waals surface area contributed by atoms with Crippen molar-refractivity contribution in [2.45, 2.75) is 25.8 Å². The highest BCUT2D eigenvalue weighted by Crippen LogP contribution is 2.15. The number of benzene rings is 1. The molecule has 1 atom stereocenters. The van der Waals surface area contributed by atoms with Gasteiger partial charge in [0, 0.05) is 11.7 Å². The van der Waals surface area contributed by atoms with Gasteiger partial charge in [-0.25, -0.2) is 0 Å². The van der Waals surface area contributed by atoms with E-state index in [4.69, 9.17) is 5.73 Å². The summed E-state index contributed by atoms with van der Waals surface area (Å²) in [6, 6.07) is 5.45. The molecule has 0 aliphatic carbocycles. The minimum Gasteiger partial charge on any atom is -0.469 e. The van der Waals surface area contributed by atoms with E-state index < -0.39 is 0 Å². The fraction of sp³-hybridized carbons (Fsp3) is 0.385. The maximum absolute atomic E-state index is 11.3. The van der Waals surface area contributed by atoms with Gasteiger partial charge in [-0.1, -0.05) is 6.07 Å². The first kappa shape index (κ1) is 15.2. The van der Waals surface area contributed by atoms with E-state index in [1.54, 1.807) is 0 Å². The van der Waals surface area contributed by atoms with Crippen molar-refractivity contribution >= 4 is 25.3 Å². The van der Waals surface area contributed by atoms with Crippen LogP contribution in [0.5, 0.6) is 0 Å². The van der Waals surface area contributed by atoms with E-state index in [2.05, 4.69) is 9.96 Å². The van der Waals surface area contributed by atoms with Crippen LogP contribution in [0.25, 0.3) is 0 Å². The highest BCUT2D eigenvalue weighted by Gasteiger charge is 2.15. The second-order valence-electron chi connectivity index (χ2n) is 4.34. The summed E-state index contributed by atoms with van der Waals surface area (Å²) < 4.78 is 4.65. The summed E-state index contributed by atoms with van der Waals surface area (Å²) in [5, 5.41) is 2.90. The summed E-state index contributed by atoms with van der Waals surface area (Å²) in [7, 11) is 2.63. The summed E-state index contributed by atoms with van der Waals surface area (Å²) in [6.07, 6.45) is 1.43. The van der Waals surface area contributed by atoms with Gasteiger partial charge in [-0.2, -0.15) is 0 Å². The average Bonchev–Trinajstić information content (AvgIpc) is 2.39. The lowest BCUT2D eigenvalue weighted by atomic mass is 9.91. The number of rotatable bonds is 7. The largest absolute Gasteiger partial charge is 0.469 e. The maximum atomic E-state index is 11.3. The monoisotopic (exact) mass is 261 g/mol. The first-order chi connectivity index (χ1) is 9.06. The van der Waals surface area contributed by atoms with Crippen LogP contribution in [0.2, 0.25) is 0 Å². The Labute approximate surface area is 113 Å². The number of nitrogen functional groups attached to an aromatic ring is 1. The van der Waals surface area contributed by atoms with Gasteiger partial charge in [0.2, 0.25) is 0 Å². The minimum atomic E-state index is -0.321. The highest BCUT2D eigenvalue weighted by atomic mass is 16.5. The molecule has 1 radical (unpaired) electrons. The number of nitrogens with one attached hydrogen (secondary N) is 1. The van der Waals surface area contributed by atoms with Crippen LogP contribution in [0.1, 0.15) is 17.5 Å². The quantitative estimate of drug-likeness (QED) is 0.322. The van der Waals surface area contributed by atoms with Crippen molar-refractivity contribution in [1.82, 2.24) is 5.23 Å². The number of aryl methyl sites for hydroxylation is 1. The van der Waals surface area contributed by atoms with Gasteiger partial charge < -0.3 is 20.5 Å². The summed E-state index contributed by atoms with van der Waals surface area (Å²) in [5.41, 5.74) is 8.57. The Morgan fingerprint density at radius 3 is 2.95 bits per heavy atom. The van der Waals surface area contributed by atoms with Crippen molar-refractivity contribution < 1.29 is 14.3 Å². The van der Waals surface area contributed by atoms with E-state index in [9.17, 15) is 9.59 Å². The van der Waals surface area contributed by atoms with Gasteiger partial charge in [-0.15, -0.1) is 0 Å². The van der Waals surface area contributed by atoms with Crippen LogP contribution in [0.15, 0.2) is 18.2 Å². The van der Waals surface area contributed by atoms with Crippen LogP contribution in [-0.4, -0.2) is 32.7 Å². The van der Waals surface area contributed by atoms with E-state index in [1.807, 2.05) is 25.1 Å². The molecular formula is C13H18BN2O3. The van der Waals surface area contributed by atoms with Crippen molar-refractivity contribution in [2.24, 2.45) is 0 Å². The zero-order valence-corrected chi connectivity index (χ0v) is 11.2. The van der Waals surface area contributed by atoms with E-state index in [1.165, 1.54) is 14.5 Å².